The molecule has 0 amide bonds. The molecule has 0 saturated carbocycles. The minimum Gasteiger partial charge on any atom is -0.342 e. The molecule has 1 aromatic carbocycles. The van der Waals surface area contributed by atoms with Gasteiger partial charge < -0.3 is 4.90 Å². The molecule has 0 saturated heterocycles. The van der Waals surface area contributed by atoms with Crippen molar-refractivity contribution in [1.29, 1.82) is 10.5 Å². The monoisotopic (exact) mass is 234 g/mol. The van der Waals surface area contributed by atoms with Gasteiger partial charge in [0.15, 0.2) is 0 Å². The minimum absolute atomic E-state index is 0.551. The fourth-order valence-corrected chi connectivity index (χ4v) is 1.67. The molecule has 0 aliphatic heterocycles. The third-order valence-corrected chi connectivity index (χ3v) is 2.64. The first-order chi connectivity index (χ1) is 8.76. The number of nitriles is 2. The third kappa shape index (κ3) is 2.14. The Morgan fingerprint density at radius 3 is 2.72 bits per heavy atom. The summed E-state index contributed by atoms with van der Waals surface area (Å²) in [6.45, 7) is 0. The first kappa shape index (κ1) is 11.6. The van der Waals surface area contributed by atoms with Gasteiger partial charge in [-0.15, -0.1) is 0 Å². The van der Waals surface area contributed by atoms with Gasteiger partial charge in [-0.3, -0.25) is 4.98 Å². The molecular weight excluding hydrogens is 224 g/mol. The van der Waals surface area contributed by atoms with Crippen LogP contribution in [0, 0.1) is 22.7 Å². The molecule has 0 spiro atoms. The fraction of sp³-hybridized carbons (Fsp3) is 0.0714. The smallest absolute Gasteiger partial charge is 0.101 e. The van der Waals surface area contributed by atoms with Crippen LogP contribution in [0.4, 0.5) is 11.4 Å². The van der Waals surface area contributed by atoms with Crippen LogP contribution < -0.4 is 4.90 Å². The number of aromatic nitrogens is 1. The van der Waals surface area contributed by atoms with E-state index in [-0.39, 0.29) is 0 Å². The summed E-state index contributed by atoms with van der Waals surface area (Å²) in [7, 11) is 1.84. The molecule has 0 atom stereocenters. The summed E-state index contributed by atoms with van der Waals surface area (Å²) in [5.41, 5.74) is 2.70. The van der Waals surface area contributed by atoms with Crippen molar-refractivity contribution in [2.24, 2.45) is 0 Å². The maximum absolute atomic E-state index is 9.06. The molecule has 0 unspecified atom stereocenters. The zero-order valence-corrected chi connectivity index (χ0v) is 9.83. The summed E-state index contributed by atoms with van der Waals surface area (Å²) in [6, 6.07) is 13.1. The van der Waals surface area contributed by atoms with Gasteiger partial charge in [-0.1, -0.05) is 6.07 Å². The van der Waals surface area contributed by atoms with Gasteiger partial charge in [-0.2, -0.15) is 10.5 Å². The fourth-order valence-electron chi connectivity index (χ4n) is 1.67. The molecule has 0 radical (unpaired) electrons. The lowest BCUT2D eigenvalue weighted by Crippen LogP contribution is -2.11. The average Bonchev–Trinajstić information content (AvgIpc) is 2.46. The first-order valence-electron chi connectivity index (χ1n) is 5.34. The van der Waals surface area contributed by atoms with Crippen LogP contribution in [0.3, 0.4) is 0 Å². The van der Waals surface area contributed by atoms with Gasteiger partial charge in [0.1, 0.15) is 6.07 Å². The lowest BCUT2D eigenvalue weighted by atomic mass is 10.1. The highest BCUT2D eigenvalue weighted by Crippen LogP contribution is 2.26. The van der Waals surface area contributed by atoms with Crippen molar-refractivity contribution in [3.8, 4) is 12.1 Å². The molecule has 86 valence electrons. The Balaban J connectivity index is 2.45. The summed E-state index contributed by atoms with van der Waals surface area (Å²) in [4.78, 5) is 5.86. The van der Waals surface area contributed by atoms with E-state index in [0.717, 1.165) is 11.4 Å². The molecule has 18 heavy (non-hydrogen) atoms. The summed E-state index contributed by atoms with van der Waals surface area (Å²) in [5, 5.41) is 17.9. The van der Waals surface area contributed by atoms with E-state index in [1.165, 1.54) is 0 Å². The third-order valence-electron chi connectivity index (χ3n) is 2.64. The number of hydrogen-bond donors (Lipinski definition) is 0. The topological polar surface area (TPSA) is 63.7 Å². The summed E-state index contributed by atoms with van der Waals surface area (Å²) in [6.07, 6.45) is 3.22. The van der Waals surface area contributed by atoms with E-state index in [2.05, 4.69) is 17.1 Å². The standard InChI is InChI=1S/C14H10N4/c1-18(13-4-2-3-11(7-13)8-15)14-10-17-6-5-12(14)9-16/h2-7,10H,1H3. The van der Waals surface area contributed by atoms with Gasteiger partial charge in [0.25, 0.3) is 0 Å². The summed E-state index contributed by atoms with van der Waals surface area (Å²) >= 11 is 0. The number of benzene rings is 1. The molecule has 0 fully saturated rings. The molecule has 1 heterocycles. The van der Waals surface area contributed by atoms with Crippen molar-refractivity contribution in [3.63, 3.8) is 0 Å². The van der Waals surface area contributed by atoms with E-state index in [0.29, 0.717) is 11.1 Å². The summed E-state index contributed by atoms with van der Waals surface area (Å²) in [5.74, 6) is 0. The first-order valence-corrected chi connectivity index (χ1v) is 5.34. The van der Waals surface area contributed by atoms with Crippen LogP contribution in [0.25, 0.3) is 0 Å². The van der Waals surface area contributed by atoms with Gasteiger partial charge in [0.05, 0.1) is 29.1 Å². The average molecular weight is 234 g/mol. The van der Waals surface area contributed by atoms with Crippen molar-refractivity contribution in [1.82, 2.24) is 4.98 Å². The van der Waals surface area contributed by atoms with Crippen molar-refractivity contribution in [2.45, 2.75) is 0 Å². The molecule has 0 aliphatic rings. The highest BCUT2D eigenvalue weighted by molar-refractivity contribution is 5.68. The Morgan fingerprint density at radius 1 is 1.17 bits per heavy atom. The molecular formula is C14H10N4. The maximum Gasteiger partial charge on any atom is 0.101 e. The zero-order valence-electron chi connectivity index (χ0n) is 9.83. The zero-order chi connectivity index (χ0) is 13.0. The molecule has 0 aliphatic carbocycles. The van der Waals surface area contributed by atoms with Gasteiger partial charge in [-0.05, 0) is 24.3 Å². The van der Waals surface area contributed by atoms with Gasteiger partial charge in [-0.25, -0.2) is 0 Å². The van der Waals surface area contributed by atoms with Crippen LogP contribution >= 0.6 is 0 Å². The Labute approximate surface area is 105 Å². The number of nitrogens with zero attached hydrogens (tertiary/aromatic N) is 4. The van der Waals surface area contributed by atoms with Crippen molar-refractivity contribution < 1.29 is 0 Å². The van der Waals surface area contributed by atoms with Crippen LogP contribution in [0.1, 0.15) is 11.1 Å². The number of pyridine rings is 1. The van der Waals surface area contributed by atoms with E-state index < -0.39 is 0 Å². The number of anilines is 2. The van der Waals surface area contributed by atoms with E-state index in [4.69, 9.17) is 10.5 Å². The van der Waals surface area contributed by atoms with Crippen LogP contribution in [0.5, 0.6) is 0 Å². The second kappa shape index (κ2) is 4.99. The molecule has 0 N–H and O–H groups in total. The Bertz CT molecular complexity index is 649. The molecule has 4 nitrogen and oxygen atoms in total. The number of hydrogen-bond acceptors (Lipinski definition) is 4. The van der Waals surface area contributed by atoms with Crippen molar-refractivity contribution in [3.05, 3.63) is 53.9 Å². The van der Waals surface area contributed by atoms with Crippen molar-refractivity contribution in [2.75, 3.05) is 11.9 Å². The van der Waals surface area contributed by atoms with Gasteiger partial charge >= 0.3 is 0 Å². The quantitative estimate of drug-likeness (QED) is 0.801. The highest BCUT2D eigenvalue weighted by atomic mass is 15.1. The predicted octanol–water partition coefficient (Wildman–Crippen LogP) is 2.59. The Hall–Kier alpha value is -2.85. The Morgan fingerprint density at radius 2 is 2.00 bits per heavy atom. The van der Waals surface area contributed by atoms with E-state index in [9.17, 15) is 0 Å². The highest BCUT2D eigenvalue weighted by Gasteiger charge is 2.09. The molecule has 1 aromatic heterocycles. The largest absolute Gasteiger partial charge is 0.342 e. The van der Waals surface area contributed by atoms with E-state index in [1.807, 2.05) is 24.1 Å². The van der Waals surface area contributed by atoms with Gasteiger partial charge in [0.2, 0.25) is 0 Å². The van der Waals surface area contributed by atoms with Crippen LogP contribution in [-0.4, -0.2) is 12.0 Å². The SMILES string of the molecule is CN(c1cccc(C#N)c1)c1cnccc1C#N. The molecule has 2 aromatic rings. The second-order valence-corrected chi connectivity index (χ2v) is 3.73. The van der Waals surface area contributed by atoms with E-state index in [1.54, 1.807) is 30.6 Å². The molecule has 4 heteroatoms. The van der Waals surface area contributed by atoms with Gasteiger partial charge in [0, 0.05) is 18.9 Å². The maximum atomic E-state index is 9.06. The lowest BCUT2D eigenvalue weighted by Gasteiger charge is -2.20. The predicted molar refractivity (Wildman–Crippen MR) is 68.2 cm³/mol. The molecule has 2 rings (SSSR count). The van der Waals surface area contributed by atoms with Crippen LogP contribution in [0.2, 0.25) is 0 Å². The molecule has 0 bridgehead atoms. The van der Waals surface area contributed by atoms with Crippen molar-refractivity contribution >= 4 is 11.4 Å². The van der Waals surface area contributed by atoms with E-state index >= 15 is 0 Å². The van der Waals surface area contributed by atoms with Crippen LogP contribution in [0.15, 0.2) is 42.7 Å². The summed E-state index contributed by atoms with van der Waals surface area (Å²) < 4.78 is 0. The number of rotatable bonds is 2. The minimum atomic E-state index is 0.551. The lowest BCUT2D eigenvalue weighted by molar-refractivity contribution is 1.16. The normalized spacial score (nSPS) is 9.28. The Kier molecular flexibility index (Phi) is 3.22. The second-order valence-electron chi connectivity index (χ2n) is 3.73. The van der Waals surface area contributed by atoms with Crippen LogP contribution in [-0.2, 0) is 0 Å².